The van der Waals surface area contributed by atoms with Gasteiger partial charge in [-0.05, 0) is 38.3 Å². The molecule has 0 amide bonds. The maximum Gasteiger partial charge on any atom is 0.337 e. The Morgan fingerprint density at radius 2 is 1.86 bits per heavy atom. The van der Waals surface area contributed by atoms with Crippen molar-refractivity contribution in [1.29, 1.82) is 0 Å². The summed E-state index contributed by atoms with van der Waals surface area (Å²) in [6.45, 7) is 4.32. The van der Waals surface area contributed by atoms with Crippen LogP contribution in [0.2, 0.25) is 0 Å². The van der Waals surface area contributed by atoms with Crippen molar-refractivity contribution in [3.63, 3.8) is 0 Å². The predicted octanol–water partition coefficient (Wildman–Crippen LogP) is 3.90. The van der Waals surface area contributed by atoms with Gasteiger partial charge in [-0.15, -0.1) is 11.3 Å². The topological polar surface area (TPSA) is 42.4 Å². The van der Waals surface area contributed by atoms with Crippen LogP contribution in [-0.4, -0.2) is 31.2 Å². The number of ether oxygens (including phenoxy) is 1. The van der Waals surface area contributed by atoms with Crippen LogP contribution >= 0.6 is 11.3 Å². The predicted molar refractivity (Wildman–Crippen MR) is 89.7 cm³/mol. The minimum absolute atomic E-state index is 0.310. The average molecular weight is 316 g/mol. The Balaban J connectivity index is 1.85. The van der Waals surface area contributed by atoms with Crippen molar-refractivity contribution in [3.8, 4) is 11.3 Å². The Labute approximate surface area is 134 Å². The summed E-state index contributed by atoms with van der Waals surface area (Å²) in [7, 11) is 1.39. The van der Waals surface area contributed by atoms with Crippen LogP contribution in [0.5, 0.6) is 0 Å². The summed E-state index contributed by atoms with van der Waals surface area (Å²) >= 11 is 1.75. The third-order valence-corrected chi connectivity index (χ3v) is 5.02. The molecule has 0 aliphatic carbocycles. The molecule has 0 unspecified atom stereocenters. The number of esters is 1. The number of benzene rings is 1. The van der Waals surface area contributed by atoms with Gasteiger partial charge >= 0.3 is 5.97 Å². The van der Waals surface area contributed by atoms with E-state index in [1.54, 1.807) is 23.5 Å². The molecule has 0 radical (unpaired) electrons. The van der Waals surface area contributed by atoms with E-state index in [-0.39, 0.29) is 5.97 Å². The average Bonchev–Trinajstić information content (AvgIpc) is 2.97. The Kier molecular flexibility index (Phi) is 4.43. The van der Waals surface area contributed by atoms with E-state index < -0.39 is 0 Å². The number of carbonyl (C=O) groups excluding carboxylic acids is 1. The number of hydrogen-bond acceptors (Lipinski definition) is 5. The first-order chi connectivity index (χ1) is 10.7. The fraction of sp³-hybridized carbons (Fsp3) is 0.412. The van der Waals surface area contributed by atoms with Crippen molar-refractivity contribution in [1.82, 2.24) is 4.98 Å². The summed E-state index contributed by atoms with van der Waals surface area (Å²) in [5.41, 5.74) is 2.63. The fourth-order valence-corrected chi connectivity index (χ4v) is 3.74. The van der Waals surface area contributed by atoms with Crippen molar-refractivity contribution >= 4 is 22.4 Å². The Morgan fingerprint density at radius 1 is 1.18 bits per heavy atom. The van der Waals surface area contributed by atoms with Gasteiger partial charge < -0.3 is 9.64 Å². The number of thiazole rings is 1. The van der Waals surface area contributed by atoms with Crippen LogP contribution in [-0.2, 0) is 4.74 Å². The van der Waals surface area contributed by atoms with E-state index in [0.29, 0.717) is 5.56 Å². The first-order valence-electron chi connectivity index (χ1n) is 7.60. The molecule has 1 aromatic heterocycles. The highest BCUT2D eigenvalue weighted by Gasteiger charge is 2.17. The minimum Gasteiger partial charge on any atom is -0.465 e. The van der Waals surface area contributed by atoms with Crippen LogP contribution in [0.25, 0.3) is 11.3 Å². The van der Waals surface area contributed by atoms with Gasteiger partial charge in [0.1, 0.15) is 0 Å². The summed E-state index contributed by atoms with van der Waals surface area (Å²) in [5, 5.41) is 1.12. The molecule has 3 rings (SSSR count). The van der Waals surface area contributed by atoms with Crippen molar-refractivity contribution in [3.05, 3.63) is 34.7 Å². The van der Waals surface area contributed by atoms with Gasteiger partial charge in [0.2, 0.25) is 0 Å². The molecule has 1 saturated heterocycles. The first kappa shape index (κ1) is 15.0. The molecule has 1 aliphatic rings. The third kappa shape index (κ3) is 2.99. The monoisotopic (exact) mass is 316 g/mol. The van der Waals surface area contributed by atoms with Crippen molar-refractivity contribution in [2.75, 3.05) is 25.1 Å². The van der Waals surface area contributed by atoms with E-state index >= 15 is 0 Å². The normalized spacial score (nSPS) is 14.9. The lowest BCUT2D eigenvalue weighted by molar-refractivity contribution is 0.0601. The second-order valence-corrected chi connectivity index (χ2v) is 6.70. The highest BCUT2D eigenvalue weighted by Crippen LogP contribution is 2.33. The molecule has 0 saturated carbocycles. The summed E-state index contributed by atoms with van der Waals surface area (Å²) in [5.74, 6) is -0.310. The quantitative estimate of drug-likeness (QED) is 0.806. The molecule has 0 bridgehead atoms. The molecule has 0 spiro atoms. The van der Waals surface area contributed by atoms with Crippen molar-refractivity contribution in [2.24, 2.45) is 0 Å². The molecule has 1 aliphatic heterocycles. The number of rotatable bonds is 3. The largest absolute Gasteiger partial charge is 0.465 e. The van der Waals surface area contributed by atoms with Crippen LogP contribution in [0.3, 0.4) is 0 Å². The zero-order valence-electron chi connectivity index (χ0n) is 13.0. The van der Waals surface area contributed by atoms with Gasteiger partial charge in [-0.25, -0.2) is 9.78 Å². The van der Waals surface area contributed by atoms with Crippen LogP contribution in [0.1, 0.15) is 34.5 Å². The van der Waals surface area contributed by atoms with E-state index in [0.717, 1.165) is 29.5 Å². The molecular weight excluding hydrogens is 296 g/mol. The van der Waals surface area contributed by atoms with Crippen LogP contribution in [0, 0.1) is 6.92 Å². The minimum atomic E-state index is -0.310. The number of nitrogens with zero attached hydrogens (tertiary/aromatic N) is 2. The molecule has 22 heavy (non-hydrogen) atoms. The van der Waals surface area contributed by atoms with Crippen LogP contribution in [0.4, 0.5) is 5.13 Å². The lowest BCUT2D eigenvalue weighted by Crippen LogP contribution is -2.29. The maximum absolute atomic E-state index is 11.5. The summed E-state index contributed by atoms with van der Waals surface area (Å²) in [6, 6.07) is 7.46. The molecule has 2 aromatic rings. The number of methoxy groups -OCH3 is 1. The highest BCUT2D eigenvalue weighted by atomic mass is 32.1. The van der Waals surface area contributed by atoms with E-state index in [1.807, 2.05) is 12.1 Å². The van der Waals surface area contributed by atoms with Crippen molar-refractivity contribution in [2.45, 2.75) is 26.2 Å². The van der Waals surface area contributed by atoms with Crippen molar-refractivity contribution < 1.29 is 9.53 Å². The SMILES string of the molecule is COC(=O)c1ccc(-c2nc(N3CCCCC3)sc2C)cc1. The third-order valence-electron chi connectivity index (χ3n) is 3.99. The van der Waals surface area contributed by atoms with Gasteiger partial charge in [-0.1, -0.05) is 12.1 Å². The van der Waals surface area contributed by atoms with E-state index in [4.69, 9.17) is 9.72 Å². The summed E-state index contributed by atoms with van der Waals surface area (Å²) in [6.07, 6.45) is 3.83. The van der Waals surface area contributed by atoms with Crippen LogP contribution in [0.15, 0.2) is 24.3 Å². The van der Waals surface area contributed by atoms with Gasteiger partial charge in [-0.3, -0.25) is 0 Å². The van der Waals surface area contributed by atoms with E-state index in [9.17, 15) is 4.79 Å². The zero-order chi connectivity index (χ0) is 15.5. The number of aromatic nitrogens is 1. The number of hydrogen-bond donors (Lipinski definition) is 0. The Morgan fingerprint density at radius 3 is 2.50 bits per heavy atom. The molecule has 116 valence electrons. The molecule has 1 aromatic carbocycles. The lowest BCUT2D eigenvalue weighted by atomic mass is 10.1. The van der Waals surface area contributed by atoms with E-state index in [2.05, 4.69) is 11.8 Å². The summed E-state index contributed by atoms with van der Waals surface area (Å²) in [4.78, 5) is 19.9. The van der Waals surface area contributed by atoms with Crippen LogP contribution < -0.4 is 4.90 Å². The lowest BCUT2D eigenvalue weighted by Gasteiger charge is -2.25. The Hall–Kier alpha value is -1.88. The van der Waals surface area contributed by atoms with E-state index in [1.165, 1.54) is 31.2 Å². The van der Waals surface area contributed by atoms with Gasteiger partial charge in [0.05, 0.1) is 18.4 Å². The highest BCUT2D eigenvalue weighted by molar-refractivity contribution is 7.16. The molecule has 0 atom stereocenters. The molecule has 5 heteroatoms. The molecular formula is C17H20N2O2S. The molecule has 2 heterocycles. The second-order valence-electron chi connectivity index (χ2n) is 5.52. The number of aryl methyl sites for hydroxylation is 1. The van der Waals surface area contributed by atoms with Gasteiger partial charge in [0, 0.05) is 23.5 Å². The maximum atomic E-state index is 11.5. The number of piperidine rings is 1. The standard InChI is InChI=1S/C17H20N2O2S/c1-12-15(13-6-8-14(9-7-13)16(20)21-2)18-17(22-12)19-10-4-3-5-11-19/h6-9H,3-5,10-11H2,1-2H3. The van der Waals surface area contributed by atoms with Gasteiger partial charge in [0.15, 0.2) is 5.13 Å². The Bertz CT molecular complexity index is 658. The van der Waals surface area contributed by atoms with Gasteiger partial charge in [0.25, 0.3) is 0 Å². The smallest absolute Gasteiger partial charge is 0.337 e. The second kappa shape index (κ2) is 6.48. The molecule has 1 fully saturated rings. The number of anilines is 1. The fourth-order valence-electron chi connectivity index (χ4n) is 2.75. The summed E-state index contributed by atoms with van der Waals surface area (Å²) < 4.78 is 4.73. The number of carbonyl (C=O) groups is 1. The first-order valence-corrected chi connectivity index (χ1v) is 8.42. The zero-order valence-corrected chi connectivity index (χ0v) is 13.8. The molecule has 4 nitrogen and oxygen atoms in total. The van der Waals surface area contributed by atoms with Gasteiger partial charge in [-0.2, -0.15) is 0 Å². The molecule has 0 N–H and O–H groups in total.